The molecule has 1 aromatic rings. The topological polar surface area (TPSA) is 30.5 Å². The first-order valence-electron chi connectivity index (χ1n) is 7.43. The fourth-order valence-corrected chi connectivity index (χ4v) is 3.83. The maximum absolute atomic E-state index is 5.62. The van der Waals surface area contributed by atoms with Gasteiger partial charge < -0.3 is 14.8 Å². The summed E-state index contributed by atoms with van der Waals surface area (Å²) in [4.78, 5) is 0. The number of piperidine rings is 1. The second-order valence-corrected chi connectivity index (χ2v) is 6.09. The third kappa shape index (κ3) is 1.79. The van der Waals surface area contributed by atoms with E-state index in [1.165, 1.54) is 24.0 Å². The van der Waals surface area contributed by atoms with Gasteiger partial charge >= 0.3 is 0 Å². The van der Waals surface area contributed by atoms with Gasteiger partial charge in [0, 0.05) is 11.8 Å². The van der Waals surface area contributed by atoms with Gasteiger partial charge in [0.2, 0.25) is 0 Å². The summed E-state index contributed by atoms with van der Waals surface area (Å²) in [7, 11) is 0. The van der Waals surface area contributed by atoms with Crippen LogP contribution in [0.15, 0.2) is 18.2 Å². The summed E-state index contributed by atoms with van der Waals surface area (Å²) < 4.78 is 11.2. The van der Waals surface area contributed by atoms with E-state index in [1.54, 1.807) is 0 Å². The van der Waals surface area contributed by atoms with Crippen molar-refractivity contribution in [2.45, 2.75) is 24.7 Å². The van der Waals surface area contributed by atoms with E-state index in [0.29, 0.717) is 0 Å². The molecule has 0 amide bonds. The lowest BCUT2D eigenvalue weighted by atomic mass is 9.65. The third-order valence-electron chi connectivity index (χ3n) is 5.10. The number of benzene rings is 1. The predicted molar refractivity (Wildman–Crippen MR) is 73.7 cm³/mol. The van der Waals surface area contributed by atoms with Crippen LogP contribution in [0.3, 0.4) is 0 Å². The second kappa shape index (κ2) is 4.50. The first-order valence-corrected chi connectivity index (χ1v) is 7.43. The zero-order chi connectivity index (χ0) is 12.7. The van der Waals surface area contributed by atoms with Crippen LogP contribution in [0.2, 0.25) is 0 Å². The van der Waals surface area contributed by atoms with E-state index in [1.807, 2.05) is 0 Å². The van der Waals surface area contributed by atoms with Gasteiger partial charge in [-0.25, -0.2) is 0 Å². The van der Waals surface area contributed by atoms with E-state index in [0.717, 1.165) is 51.0 Å². The Morgan fingerprint density at radius 2 is 2.00 bits per heavy atom. The van der Waals surface area contributed by atoms with E-state index in [-0.39, 0.29) is 5.41 Å². The van der Waals surface area contributed by atoms with Crippen LogP contribution in [0.25, 0.3) is 0 Å². The summed E-state index contributed by atoms with van der Waals surface area (Å²) in [6.45, 7) is 4.95. The molecule has 0 radical (unpaired) electrons. The lowest BCUT2D eigenvalue weighted by Crippen LogP contribution is -2.54. The summed E-state index contributed by atoms with van der Waals surface area (Å²) in [5.41, 5.74) is 3.15. The van der Waals surface area contributed by atoms with Crippen molar-refractivity contribution in [3.05, 3.63) is 29.3 Å². The lowest BCUT2D eigenvalue weighted by Gasteiger charge is -2.49. The molecule has 3 aliphatic heterocycles. The highest BCUT2D eigenvalue weighted by atomic mass is 16.5. The van der Waals surface area contributed by atoms with Gasteiger partial charge in [0.15, 0.2) is 0 Å². The molecule has 1 aromatic carbocycles. The maximum Gasteiger partial charge on any atom is 0.122 e. The minimum absolute atomic E-state index is 0.278. The first kappa shape index (κ1) is 11.7. The smallest absolute Gasteiger partial charge is 0.122 e. The van der Waals surface area contributed by atoms with Gasteiger partial charge in [0.05, 0.1) is 19.8 Å². The van der Waals surface area contributed by atoms with Gasteiger partial charge in [-0.3, -0.25) is 0 Å². The molecule has 0 atom stereocenters. The summed E-state index contributed by atoms with van der Waals surface area (Å²) in [6, 6.07) is 6.82. The molecule has 0 unspecified atom stereocenters. The zero-order valence-electron chi connectivity index (χ0n) is 11.3. The number of ether oxygens (including phenoxy) is 2. The van der Waals surface area contributed by atoms with E-state index in [4.69, 9.17) is 9.47 Å². The number of nitrogens with one attached hydrogen (secondary N) is 1. The van der Waals surface area contributed by atoms with Crippen LogP contribution in [0, 0.1) is 5.92 Å². The Morgan fingerprint density at radius 3 is 2.74 bits per heavy atom. The monoisotopic (exact) mass is 259 g/mol. The van der Waals surface area contributed by atoms with Crippen LogP contribution >= 0.6 is 0 Å². The van der Waals surface area contributed by atoms with Crippen LogP contribution in [-0.2, 0) is 16.6 Å². The highest BCUT2D eigenvalue weighted by Gasteiger charge is 2.47. The third-order valence-corrected chi connectivity index (χ3v) is 5.10. The predicted octanol–water partition coefficient (Wildman–Crippen LogP) is 1.89. The van der Waals surface area contributed by atoms with Gasteiger partial charge in [-0.2, -0.15) is 0 Å². The lowest BCUT2D eigenvalue weighted by molar-refractivity contribution is -0.0964. The Hall–Kier alpha value is -1.06. The Balaban J connectivity index is 1.68. The molecule has 3 heterocycles. The van der Waals surface area contributed by atoms with Crippen molar-refractivity contribution in [3.8, 4) is 5.75 Å². The van der Waals surface area contributed by atoms with E-state index >= 15 is 0 Å². The average Bonchev–Trinajstić information content (AvgIpc) is 2.86. The molecule has 3 nitrogen and oxygen atoms in total. The molecule has 2 fully saturated rings. The second-order valence-electron chi connectivity index (χ2n) is 6.09. The van der Waals surface area contributed by atoms with Crippen LogP contribution in [-0.4, -0.2) is 32.9 Å². The van der Waals surface area contributed by atoms with Gasteiger partial charge in [-0.05, 0) is 49.0 Å². The minimum atomic E-state index is 0.278. The van der Waals surface area contributed by atoms with Crippen molar-refractivity contribution in [1.82, 2.24) is 5.32 Å². The first-order chi connectivity index (χ1) is 9.38. The van der Waals surface area contributed by atoms with Gasteiger partial charge in [-0.1, -0.05) is 12.1 Å². The SMILES string of the molecule is c1cc2c(cc1C1(C3CCNCC3)COC1)CCO2. The fourth-order valence-electron chi connectivity index (χ4n) is 3.83. The standard InChI is InChI=1S/C16H21NO2/c1-2-15-12(5-8-19-15)9-14(1)16(10-18-11-16)13-3-6-17-7-4-13/h1-2,9,13,17H,3-8,10-11H2. The molecule has 0 saturated carbocycles. The van der Waals surface area contributed by atoms with Crippen LogP contribution in [0.5, 0.6) is 5.75 Å². The molecule has 2 saturated heterocycles. The largest absolute Gasteiger partial charge is 0.493 e. The normalized spacial score (nSPS) is 25.5. The van der Waals surface area contributed by atoms with E-state index in [2.05, 4.69) is 23.5 Å². The number of fused-ring (bicyclic) bond motifs is 1. The summed E-state index contributed by atoms with van der Waals surface area (Å²) >= 11 is 0. The Bertz CT molecular complexity index is 476. The fraction of sp³-hybridized carbons (Fsp3) is 0.625. The van der Waals surface area contributed by atoms with Crippen molar-refractivity contribution >= 4 is 0 Å². The molecule has 0 bridgehead atoms. The summed E-state index contributed by atoms with van der Waals surface area (Å²) in [5.74, 6) is 1.85. The molecule has 19 heavy (non-hydrogen) atoms. The van der Waals surface area contributed by atoms with E-state index < -0.39 is 0 Å². The van der Waals surface area contributed by atoms with Crippen LogP contribution < -0.4 is 10.1 Å². The molecule has 3 aliphatic rings. The highest BCUT2D eigenvalue weighted by Crippen LogP contribution is 2.44. The average molecular weight is 259 g/mol. The van der Waals surface area contributed by atoms with Crippen molar-refractivity contribution in [2.75, 3.05) is 32.9 Å². The molecule has 0 aromatic heterocycles. The molecule has 0 spiro atoms. The number of hydrogen-bond donors (Lipinski definition) is 1. The van der Waals surface area contributed by atoms with Crippen LogP contribution in [0.4, 0.5) is 0 Å². The Kier molecular flexibility index (Phi) is 2.78. The van der Waals surface area contributed by atoms with Gasteiger partial charge in [-0.15, -0.1) is 0 Å². The number of hydrogen-bond acceptors (Lipinski definition) is 3. The Labute approximate surface area is 114 Å². The summed E-state index contributed by atoms with van der Waals surface area (Å²) in [6.07, 6.45) is 3.61. The Morgan fingerprint density at radius 1 is 1.16 bits per heavy atom. The maximum atomic E-state index is 5.62. The quantitative estimate of drug-likeness (QED) is 0.880. The van der Waals surface area contributed by atoms with Crippen molar-refractivity contribution in [3.63, 3.8) is 0 Å². The molecule has 102 valence electrons. The molecule has 0 aliphatic carbocycles. The molecule has 1 N–H and O–H groups in total. The highest BCUT2D eigenvalue weighted by molar-refractivity contribution is 5.43. The molecular weight excluding hydrogens is 238 g/mol. The van der Waals surface area contributed by atoms with E-state index in [9.17, 15) is 0 Å². The molecular formula is C16H21NO2. The van der Waals surface area contributed by atoms with Crippen molar-refractivity contribution in [2.24, 2.45) is 5.92 Å². The summed E-state index contributed by atoms with van der Waals surface area (Å²) in [5, 5.41) is 3.47. The van der Waals surface area contributed by atoms with Gasteiger partial charge in [0.25, 0.3) is 0 Å². The zero-order valence-corrected chi connectivity index (χ0v) is 11.3. The minimum Gasteiger partial charge on any atom is -0.493 e. The number of rotatable bonds is 2. The molecule has 4 rings (SSSR count). The van der Waals surface area contributed by atoms with Crippen molar-refractivity contribution in [1.29, 1.82) is 0 Å². The van der Waals surface area contributed by atoms with Crippen molar-refractivity contribution < 1.29 is 9.47 Å². The van der Waals surface area contributed by atoms with Gasteiger partial charge in [0.1, 0.15) is 5.75 Å². The molecule has 3 heteroatoms. The van der Waals surface area contributed by atoms with Crippen LogP contribution in [0.1, 0.15) is 24.0 Å².